The van der Waals surface area contributed by atoms with Crippen LogP contribution < -0.4 is 9.47 Å². The summed E-state index contributed by atoms with van der Waals surface area (Å²) in [5.41, 5.74) is 1.50. The van der Waals surface area contributed by atoms with E-state index in [1.807, 2.05) is 12.1 Å². The average Bonchev–Trinajstić information content (AvgIpc) is 3.25. The standard InChI is InChI=1S/C15H15NO4S/c1-19-9-5-6-10(11(7-9)20-2)14-16-12(8-3-4-8)13(21-14)15(17)18/h5-8H,3-4H2,1-2H3,(H,17,18). The van der Waals surface area contributed by atoms with Crippen molar-refractivity contribution in [3.8, 4) is 22.1 Å². The minimum Gasteiger partial charge on any atom is -0.497 e. The lowest BCUT2D eigenvalue weighted by molar-refractivity contribution is 0.0700. The molecule has 6 heteroatoms. The van der Waals surface area contributed by atoms with Crippen molar-refractivity contribution in [3.63, 3.8) is 0 Å². The zero-order chi connectivity index (χ0) is 15.0. The van der Waals surface area contributed by atoms with Gasteiger partial charge in [-0.1, -0.05) is 0 Å². The van der Waals surface area contributed by atoms with Crippen molar-refractivity contribution in [3.05, 3.63) is 28.8 Å². The highest BCUT2D eigenvalue weighted by Crippen LogP contribution is 2.45. The van der Waals surface area contributed by atoms with E-state index < -0.39 is 5.97 Å². The van der Waals surface area contributed by atoms with E-state index in [0.717, 1.165) is 18.4 Å². The van der Waals surface area contributed by atoms with Crippen molar-refractivity contribution >= 4 is 17.3 Å². The fourth-order valence-electron chi connectivity index (χ4n) is 2.21. The SMILES string of the molecule is COc1ccc(-c2nc(C3CC3)c(C(=O)O)s2)c(OC)c1. The predicted molar refractivity (Wildman–Crippen MR) is 79.6 cm³/mol. The predicted octanol–water partition coefficient (Wildman–Crippen LogP) is 3.40. The Bertz CT molecular complexity index is 691. The van der Waals surface area contributed by atoms with Crippen LogP contribution in [0.4, 0.5) is 0 Å². The summed E-state index contributed by atoms with van der Waals surface area (Å²) in [7, 11) is 3.16. The van der Waals surface area contributed by atoms with Crippen molar-refractivity contribution in [1.82, 2.24) is 4.98 Å². The van der Waals surface area contributed by atoms with Gasteiger partial charge in [0.25, 0.3) is 0 Å². The van der Waals surface area contributed by atoms with E-state index in [-0.39, 0.29) is 0 Å². The van der Waals surface area contributed by atoms with Crippen LogP contribution in [0.2, 0.25) is 0 Å². The van der Waals surface area contributed by atoms with E-state index in [2.05, 4.69) is 4.98 Å². The molecule has 2 aromatic rings. The first-order valence-corrected chi connectivity index (χ1v) is 7.42. The van der Waals surface area contributed by atoms with Gasteiger partial charge in [0.1, 0.15) is 21.4 Å². The summed E-state index contributed by atoms with van der Waals surface area (Å²) in [4.78, 5) is 16.3. The van der Waals surface area contributed by atoms with Gasteiger partial charge < -0.3 is 14.6 Å². The number of thiazole rings is 1. The molecular formula is C15H15NO4S. The van der Waals surface area contributed by atoms with E-state index in [1.165, 1.54) is 11.3 Å². The van der Waals surface area contributed by atoms with Crippen LogP contribution in [0.15, 0.2) is 18.2 Å². The van der Waals surface area contributed by atoms with E-state index >= 15 is 0 Å². The molecule has 1 heterocycles. The minimum absolute atomic E-state index is 0.297. The van der Waals surface area contributed by atoms with Gasteiger partial charge in [0.05, 0.1) is 25.5 Å². The Morgan fingerprint density at radius 3 is 2.67 bits per heavy atom. The Kier molecular flexibility index (Phi) is 3.55. The largest absolute Gasteiger partial charge is 0.497 e. The quantitative estimate of drug-likeness (QED) is 0.917. The van der Waals surface area contributed by atoms with Crippen LogP contribution >= 0.6 is 11.3 Å². The van der Waals surface area contributed by atoms with Gasteiger partial charge in [-0.3, -0.25) is 0 Å². The summed E-state index contributed by atoms with van der Waals surface area (Å²) >= 11 is 1.20. The molecule has 0 bridgehead atoms. The highest BCUT2D eigenvalue weighted by molar-refractivity contribution is 7.17. The highest BCUT2D eigenvalue weighted by Gasteiger charge is 2.32. The third-order valence-electron chi connectivity index (χ3n) is 3.45. The Morgan fingerprint density at radius 2 is 2.10 bits per heavy atom. The first kappa shape index (κ1) is 13.9. The summed E-state index contributed by atoms with van der Waals surface area (Å²) in [5, 5.41) is 10.0. The second kappa shape index (κ2) is 5.37. The Morgan fingerprint density at radius 1 is 1.33 bits per heavy atom. The van der Waals surface area contributed by atoms with Crippen LogP contribution in [0.1, 0.15) is 34.1 Å². The molecule has 3 rings (SSSR count). The first-order valence-electron chi connectivity index (χ1n) is 6.60. The molecule has 0 radical (unpaired) electrons. The number of carbonyl (C=O) groups is 1. The number of nitrogens with zero attached hydrogens (tertiary/aromatic N) is 1. The van der Waals surface area contributed by atoms with Gasteiger partial charge in [0, 0.05) is 12.0 Å². The molecule has 0 amide bonds. The van der Waals surface area contributed by atoms with Crippen LogP contribution in [-0.4, -0.2) is 30.3 Å². The van der Waals surface area contributed by atoms with Crippen LogP contribution in [0.25, 0.3) is 10.6 Å². The lowest BCUT2D eigenvalue weighted by Crippen LogP contribution is -1.97. The molecule has 0 spiro atoms. The molecule has 21 heavy (non-hydrogen) atoms. The third kappa shape index (κ3) is 2.58. The van der Waals surface area contributed by atoms with E-state index in [0.29, 0.717) is 33.0 Å². The molecule has 1 aromatic carbocycles. The molecule has 110 valence electrons. The van der Waals surface area contributed by atoms with Gasteiger partial charge >= 0.3 is 5.97 Å². The van der Waals surface area contributed by atoms with Gasteiger partial charge in [0.15, 0.2) is 0 Å². The zero-order valence-corrected chi connectivity index (χ0v) is 12.6. The summed E-state index contributed by atoms with van der Waals surface area (Å²) in [6.07, 6.45) is 2.03. The summed E-state index contributed by atoms with van der Waals surface area (Å²) in [5.74, 6) is 0.703. The third-order valence-corrected chi connectivity index (χ3v) is 4.54. The van der Waals surface area contributed by atoms with Gasteiger partial charge in [0.2, 0.25) is 0 Å². The van der Waals surface area contributed by atoms with E-state index in [9.17, 15) is 9.90 Å². The number of hydrogen-bond acceptors (Lipinski definition) is 5. The van der Waals surface area contributed by atoms with E-state index in [1.54, 1.807) is 20.3 Å². The van der Waals surface area contributed by atoms with Gasteiger partial charge in [-0.25, -0.2) is 9.78 Å². The van der Waals surface area contributed by atoms with Gasteiger partial charge in [-0.05, 0) is 25.0 Å². The maximum Gasteiger partial charge on any atom is 0.347 e. The number of rotatable bonds is 5. The zero-order valence-electron chi connectivity index (χ0n) is 11.8. The van der Waals surface area contributed by atoms with Crippen molar-refractivity contribution < 1.29 is 19.4 Å². The average molecular weight is 305 g/mol. The number of carboxylic acids is 1. The summed E-state index contributed by atoms with van der Waals surface area (Å²) < 4.78 is 10.5. The number of hydrogen-bond donors (Lipinski definition) is 1. The van der Waals surface area contributed by atoms with Gasteiger partial charge in [-0.2, -0.15) is 0 Å². The molecule has 1 saturated carbocycles. The summed E-state index contributed by atoms with van der Waals surface area (Å²) in [6, 6.07) is 5.43. The maximum atomic E-state index is 11.4. The molecule has 1 fully saturated rings. The van der Waals surface area contributed by atoms with Crippen molar-refractivity contribution in [2.24, 2.45) is 0 Å². The van der Waals surface area contributed by atoms with E-state index in [4.69, 9.17) is 9.47 Å². The first-order chi connectivity index (χ1) is 10.1. The minimum atomic E-state index is -0.909. The lowest BCUT2D eigenvalue weighted by Gasteiger charge is -2.08. The number of benzene rings is 1. The number of aromatic nitrogens is 1. The Labute approximate surface area is 126 Å². The van der Waals surface area contributed by atoms with Crippen LogP contribution in [-0.2, 0) is 0 Å². The van der Waals surface area contributed by atoms with Crippen molar-refractivity contribution in [2.75, 3.05) is 14.2 Å². The molecule has 1 aliphatic carbocycles. The van der Waals surface area contributed by atoms with Crippen molar-refractivity contribution in [2.45, 2.75) is 18.8 Å². The molecule has 1 N–H and O–H groups in total. The molecule has 0 aliphatic heterocycles. The fourth-order valence-corrected chi connectivity index (χ4v) is 3.23. The number of ether oxygens (including phenoxy) is 2. The monoisotopic (exact) mass is 305 g/mol. The second-order valence-corrected chi connectivity index (χ2v) is 5.88. The molecule has 0 unspecified atom stereocenters. The molecule has 0 atom stereocenters. The van der Waals surface area contributed by atoms with Crippen LogP contribution in [0.5, 0.6) is 11.5 Å². The fraction of sp³-hybridized carbons (Fsp3) is 0.333. The number of aromatic carboxylic acids is 1. The molecular weight excluding hydrogens is 290 g/mol. The molecule has 0 saturated heterocycles. The highest BCUT2D eigenvalue weighted by atomic mass is 32.1. The van der Waals surface area contributed by atoms with Gasteiger partial charge in [-0.15, -0.1) is 11.3 Å². The van der Waals surface area contributed by atoms with Crippen molar-refractivity contribution in [1.29, 1.82) is 0 Å². The van der Waals surface area contributed by atoms with Crippen LogP contribution in [0.3, 0.4) is 0 Å². The Hall–Kier alpha value is -2.08. The topological polar surface area (TPSA) is 68.7 Å². The molecule has 1 aliphatic rings. The number of carboxylic acid groups (broad SMARTS) is 1. The molecule has 1 aromatic heterocycles. The lowest BCUT2D eigenvalue weighted by atomic mass is 10.2. The second-order valence-electron chi connectivity index (χ2n) is 4.88. The van der Waals surface area contributed by atoms with Crippen LogP contribution in [0, 0.1) is 0 Å². The smallest absolute Gasteiger partial charge is 0.347 e. The normalized spacial score (nSPS) is 14.0. The molecule has 5 nitrogen and oxygen atoms in total. The Balaban J connectivity index is 2.08. The summed E-state index contributed by atoms with van der Waals surface area (Å²) in [6.45, 7) is 0. The maximum absolute atomic E-state index is 11.4. The number of methoxy groups -OCH3 is 2.